The Morgan fingerprint density at radius 3 is 2.86 bits per heavy atom. The number of nitrogens with one attached hydrogen (secondary N) is 1. The van der Waals surface area contributed by atoms with Crippen LogP contribution in [0.2, 0.25) is 0 Å². The molecule has 1 heterocycles. The van der Waals surface area contributed by atoms with Crippen LogP contribution in [-0.2, 0) is 4.79 Å². The molecule has 22 heavy (non-hydrogen) atoms. The van der Waals surface area contributed by atoms with E-state index in [1.165, 1.54) is 6.07 Å². The molecule has 2 atom stereocenters. The van der Waals surface area contributed by atoms with E-state index in [1.54, 1.807) is 24.0 Å². The lowest BCUT2D eigenvalue weighted by molar-refractivity contribution is -0.129. The third-order valence-corrected chi connectivity index (χ3v) is 4.81. The second kappa shape index (κ2) is 6.07. The Morgan fingerprint density at radius 1 is 1.32 bits per heavy atom. The largest absolute Gasteiger partial charge is 0.322 e. The van der Waals surface area contributed by atoms with Gasteiger partial charge in [0.25, 0.3) is 0 Å². The molecule has 1 N–H and O–H groups in total. The molecule has 1 saturated carbocycles. The van der Waals surface area contributed by atoms with Gasteiger partial charge >= 0.3 is 6.03 Å². The molecule has 0 aromatic heterocycles. The van der Waals surface area contributed by atoms with E-state index in [1.807, 2.05) is 0 Å². The zero-order chi connectivity index (χ0) is 15.7. The molecule has 3 rings (SSSR count). The van der Waals surface area contributed by atoms with Crippen LogP contribution in [0.15, 0.2) is 18.2 Å². The number of rotatable bonds is 1. The number of carbonyl (C=O) groups is 2. The number of urea groups is 1. The summed E-state index contributed by atoms with van der Waals surface area (Å²) in [5.74, 6) is 0.0171. The molecule has 0 radical (unpaired) electrons. The van der Waals surface area contributed by atoms with Gasteiger partial charge in [-0.15, -0.1) is 0 Å². The molecule has 2 fully saturated rings. The number of hydrogen-bond donors (Lipinski definition) is 1. The monoisotopic (exact) mass is 304 g/mol. The smallest absolute Gasteiger partial charge is 0.320 e. The predicted octanol–water partition coefficient (Wildman–Crippen LogP) is 3.50. The molecule has 1 saturated heterocycles. The fraction of sp³-hybridized carbons (Fsp3) is 0.529. The van der Waals surface area contributed by atoms with Crippen molar-refractivity contribution in [1.29, 1.82) is 0 Å². The quantitative estimate of drug-likeness (QED) is 0.863. The lowest BCUT2D eigenvalue weighted by Crippen LogP contribution is -2.54. The molecule has 1 aliphatic heterocycles. The van der Waals surface area contributed by atoms with E-state index in [4.69, 9.17) is 0 Å². The van der Waals surface area contributed by atoms with E-state index in [0.717, 1.165) is 25.7 Å². The van der Waals surface area contributed by atoms with Crippen molar-refractivity contribution in [2.24, 2.45) is 5.92 Å². The van der Waals surface area contributed by atoms with Gasteiger partial charge in [0.05, 0.1) is 0 Å². The summed E-state index contributed by atoms with van der Waals surface area (Å²) in [6.45, 7) is 2.15. The highest BCUT2D eigenvalue weighted by molar-refractivity contribution is 5.92. The first-order valence-corrected chi connectivity index (χ1v) is 7.93. The second-order valence-electron chi connectivity index (χ2n) is 6.26. The number of benzene rings is 1. The molecule has 0 bridgehead atoms. The van der Waals surface area contributed by atoms with Crippen molar-refractivity contribution in [3.8, 4) is 0 Å². The summed E-state index contributed by atoms with van der Waals surface area (Å²) < 4.78 is 13.3. The summed E-state index contributed by atoms with van der Waals surface area (Å²) in [7, 11) is 0. The molecular weight excluding hydrogens is 283 g/mol. The standard InChI is InChI=1S/C17H21FN2O2/c1-11-10-12(6-7-14(11)18)19-17(22)20-9-8-16(21)13-4-2-3-5-15(13)20/h6-7,10,13,15H,2-5,8-9H2,1H3,(H,19,22)/t13-,15+/m0/s1. The Kier molecular flexibility index (Phi) is 4.14. The van der Waals surface area contributed by atoms with Crippen LogP contribution in [0.3, 0.4) is 0 Å². The van der Waals surface area contributed by atoms with Gasteiger partial charge in [0.1, 0.15) is 11.6 Å². The molecule has 2 aliphatic rings. The minimum absolute atomic E-state index is 0.00297. The number of anilines is 1. The van der Waals surface area contributed by atoms with Gasteiger partial charge in [0.15, 0.2) is 0 Å². The van der Waals surface area contributed by atoms with Crippen LogP contribution >= 0.6 is 0 Å². The average molecular weight is 304 g/mol. The van der Waals surface area contributed by atoms with Gasteiger partial charge in [0.2, 0.25) is 0 Å². The van der Waals surface area contributed by atoms with Gasteiger partial charge < -0.3 is 10.2 Å². The molecule has 4 nitrogen and oxygen atoms in total. The van der Waals surface area contributed by atoms with E-state index in [0.29, 0.717) is 30.0 Å². The van der Waals surface area contributed by atoms with Crippen LogP contribution in [-0.4, -0.2) is 29.3 Å². The Labute approximate surface area is 129 Å². The molecule has 5 heteroatoms. The first-order chi connectivity index (χ1) is 10.6. The number of fused-ring (bicyclic) bond motifs is 1. The van der Waals surface area contributed by atoms with E-state index in [9.17, 15) is 14.0 Å². The SMILES string of the molecule is Cc1cc(NC(=O)N2CCC(=O)[C@H]3CCCC[C@H]32)ccc1F. The topological polar surface area (TPSA) is 49.4 Å². The van der Waals surface area contributed by atoms with Gasteiger partial charge in [-0.2, -0.15) is 0 Å². The second-order valence-corrected chi connectivity index (χ2v) is 6.26. The van der Waals surface area contributed by atoms with Crippen LogP contribution in [0, 0.1) is 18.7 Å². The fourth-order valence-electron chi connectivity index (χ4n) is 3.61. The summed E-state index contributed by atoms with van der Waals surface area (Å²) in [5, 5.41) is 2.84. The van der Waals surface area contributed by atoms with Crippen LogP contribution in [0.5, 0.6) is 0 Å². The van der Waals surface area contributed by atoms with Gasteiger partial charge in [-0.05, 0) is 43.5 Å². The molecule has 118 valence electrons. The Morgan fingerprint density at radius 2 is 2.09 bits per heavy atom. The normalized spacial score (nSPS) is 24.8. The van der Waals surface area contributed by atoms with Crippen LogP contribution < -0.4 is 5.32 Å². The number of Topliss-reactive ketones (excluding diaryl/α,β-unsaturated/α-hetero) is 1. The van der Waals surface area contributed by atoms with Crippen molar-refractivity contribution in [3.63, 3.8) is 0 Å². The number of nitrogens with zero attached hydrogens (tertiary/aromatic N) is 1. The van der Waals surface area contributed by atoms with Crippen LogP contribution in [0.25, 0.3) is 0 Å². The number of carbonyl (C=O) groups excluding carboxylic acids is 2. The summed E-state index contributed by atoms with van der Waals surface area (Å²) in [6, 6.07) is 4.38. The van der Waals surface area contributed by atoms with E-state index >= 15 is 0 Å². The van der Waals surface area contributed by atoms with Crippen molar-refractivity contribution < 1.29 is 14.0 Å². The maximum atomic E-state index is 13.3. The Balaban J connectivity index is 1.73. The number of likely N-dealkylation sites (tertiary alicyclic amines) is 1. The van der Waals surface area contributed by atoms with Crippen molar-refractivity contribution in [3.05, 3.63) is 29.6 Å². The van der Waals surface area contributed by atoms with Gasteiger partial charge in [-0.1, -0.05) is 12.8 Å². The van der Waals surface area contributed by atoms with Gasteiger partial charge in [0, 0.05) is 30.6 Å². The zero-order valence-corrected chi connectivity index (χ0v) is 12.8. The number of halogens is 1. The summed E-state index contributed by atoms with van der Waals surface area (Å²) in [6.07, 6.45) is 4.36. The minimum Gasteiger partial charge on any atom is -0.320 e. The minimum atomic E-state index is -0.283. The third-order valence-electron chi connectivity index (χ3n) is 4.81. The maximum absolute atomic E-state index is 13.3. The molecule has 0 unspecified atom stereocenters. The summed E-state index contributed by atoms with van der Waals surface area (Å²) in [4.78, 5) is 26.4. The highest BCUT2D eigenvalue weighted by atomic mass is 19.1. The molecule has 2 amide bonds. The summed E-state index contributed by atoms with van der Waals surface area (Å²) in [5.41, 5.74) is 1.09. The maximum Gasteiger partial charge on any atom is 0.322 e. The number of hydrogen-bond acceptors (Lipinski definition) is 2. The van der Waals surface area contributed by atoms with Gasteiger partial charge in [-0.3, -0.25) is 4.79 Å². The zero-order valence-electron chi connectivity index (χ0n) is 12.8. The van der Waals surface area contributed by atoms with Crippen LogP contribution in [0.1, 0.15) is 37.7 Å². The molecule has 0 spiro atoms. The highest BCUT2D eigenvalue weighted by Crippen LogP contribution is 2.33. The first-order valence-electron chi connectivity index (χ1n) is 7.93. The van der Waals surface area contributed by atoms with E-state index in [2.05, 4.69) is 5.32 Å². The van der Waals surface area contributed by atoms with E-state index in [-0.39, 0.29) is 23.8 Å². The van der Waals surface area contributed by atoms with Crippen LogP contribution in [0.4, 0.5) is 14.9 Å². The molecular formula is C17H21FN2O2. The molecule has 1 aliphatic carbocycles. The fourth-order valence-corrected chi connectivity index (χ4v) is 3.61. The summed E-state index contributed by atoms with van der Waals surface area (Å²) >= 11 is 0. The number of amides is 2. The van der Waals surface area contributed by atoms with Crippen molar-refractivity contribution in [2.75, 3.05) is 11.9 Å². The number of ketones is 1. The average Bonchev–Trinajstić information content (AvgIpc) is 2.51. The third kappa shape index (κ3) is 2.85. The van der Waals surface area contributed by atoms with Gasteiger partial charge in [-0.25, -0.2) is 9.18 Å². The lowest BCUT2D eigenvalue weighted by Gasteiger charge is -2.42. The molecule has 1 aromatic carbocycles. The first kappa shape index (κ1) is 15.0. The predicted molar refractivity (Wildman–Crippen MR) is 82.2 cm³/mol. The molecule has 1 aromatic rings. The highest BCUT2D eigenvalue weighted by Gasteiger charge is 2.40. The van der Waals surface area contributed by atoms with Crippen molar-refractivity contribution in [2.45, 2.75) is 45.1 Å². The number of aryl methyl sites for hydroxylation is 1. The van der Waals surface area contributed by atoms with Crippen molar-refractivity contribution >= 4 is 17.5 Å². The number of piperidine rings is 1. The van der Waals surface area contributed by atoms with Crippen molar-refractivity contribution in [1.82, 2.24) is 4.90 Å². The Bertz CT molecular complexity index is 602. The van der Waals surface area contributed by atoms with E-state index < -0.39 is 0 Å². The Hall–Kier alpha value is -1.91. The lowest BCUT2D eigenvalue weighted by atomic mass is 9.77.